The fourth-order valence-electron chi connectivity index (χ4n) is 1.50. The third kappa shape index (κ3) is 1.97. The lowest BCUT2D eigenvalue weighted by Gasteiger charge is -1.98. The molecule has 0 aliphatic carbocycles. The molecule has 0 saturated heterocycles. The van der Waals surface area contributed by atoms with E-state index in [0.717, 1.165) is 16.5 Å². The summed E-state index contributed by atoms with van der Waals surface area (Å²) in [6.07, 6.45) is 3.48. The van der Waals surface area contributed by atoms with Crippen molar-refractivity contribution in [2.24, 2.45) is 0 Å². The highest BCUT2D eigenvalue weighted by Crippen LogP contribution is 2.23. The minimum atomic E-state index is 0.589. The van der Waals surface area contributed by atoms with Gasteiger partial charge in [-0.3, -0.25) is 0 Å². The number of hydrogen-bond donors (Lipinski definition) is 0. The maximum absolute atomic E-state index is 5.50. The Morgan fingerprint density at radius 2 is 2.06 bits per heavy atom. The van der Waals surface area contributed by atoms with E-state index in [0.29, 0.717) is 11.6 Å². The van der Waals surface area contributed by atoms with Gasteiger partial charge in [-0.2, -0.15) is 0 Å². The maximum Gasteiger partial charge on any atom is 0.196 e. The highest BCUT2D eigenvalue weighted by molar-refractivity contribution is 7.13. The summed E-state index contributed by atoms with van der Waals surface area (Å²) in [6.45, 7) is 1.90. The van der Waals surface area contributed by atoms with Gasteiger partial charge in [-0.25, -0.2) is 15.0 Å². The van der Waals surface area contributed by atoms with E-state index >= 15 is 0 Å². The van der Waals surface area contributed by atoms with Gasteiger partial charge in [-0.15, -0.1) is 11.3 Å². The van der Waals surface area contributed by atoms with Gasteiger partial charge in [0, 0.05) is 17.8 Å². The largest absolute Gasteiger partial charge is 0.458 e. The van der Waals surface area contributed by atoms with Crippen molar-refractivity contribution in [1.29, 1.82) is 0 Å². The molecule has 0 radical (unpaired) electrons. The summed E-state index contributed by atoms with van der Waals surface area (Å²) >= 11 is 1.55. The van der Waals surface area contributed by atoms with Crippen molar-refractivity contribution in [2.45, 2.75) is 6.92 Å². The smallest absolute Gasteiger partial charge is 0.196 e. The zero-order valence-corrected chi connectivity index (χ0v) is 9.94. The number of thiazole rings is 1. The third-order valence-electron chi connectivity index (χ3n) is 2.27. The summed E-state index contributed by atoms with van der Waals surface area (Å²) < 4.78 is 5.50. The SMILES string of the molecule is Cc1ccc(-c2nccc(-c3nccs3)n2)o1. The molecule has 0 bridgehead atoms. The number of aryl methyl sites for hydroxylation is 1. The van der Waals surface area contributed by atoms with Crippen LogP contribution >= 0.6 is 11.3 Å². The predicted molar refractivity (Wildman–Crippen MR) is 65.6 cm³/mol. The minimum absolute atomic E-state index is 0.589. The third-order valence-corrected chi connectivity index (χ3v) is 3.06. The molecule has 0 amide bonds. The number of nitrogens with zero attached hydrogens (tertiary/aromatic N) is 3. The topological polar surface area (TPSA) is 51.8 Å². The van der Waals surface area contributed by atoms with E-state index in [1.54, 1.807) is 23.7 Å². The molecule has 3 rings (SSSR count). The first-order valence-corrected chi connectivity index (χ1v) is 6.00. The molecule has 17 heavy (non-hydrogen) atoms. The van der Waals surface area contributed by atoms with Crippen molar-refractivity contribution in [2.75, 3.05) is 0 Å². The average Bonchev–Trinajstić information content (AvgIpc) is 3.00. The Kier molecular flexibility index (Phi) is 2.45. The van der Waals surface area contributed by atoms with Crippen LogP contribution in [0.25, 0.3) is 22.3 Å². The lowest BCUT2D eigenvalue weighted by atomic mass is 10.3. The quantitative estimate of drug-likeness (QED) is 0.693. The van der Waals surface area contributed by atoms with E-state index in [4.69, 9.17) is 4.42 Å². The van der Waals surface area contributed by atoms with Crippen LogP contribution in [-0.2, 0) is 0 Å². The number of rotatable bonds is 2. The van der Waals surface area contributed by atoms with Crippen LogP contribution in [0.1, 0.15) is 5.76 Å². The Morgan fingerprint density at radius 3 is 2.76 bits per heavy atom. The summed E-state index contributed by atoms with van der Waals surface area (Å²) in [5.41, 5.74) is 0.819. The Hall–Kier alpha value is -2.01. The van der Waals surface area contributed by atoms with E-state index < -0.39 is 0 Å². The van der Waals surface area contributed by atoms with Crippen molar-refractivity contribution >= 4 is 11.3 Å². The monoisotopic (exact) mass is 243 g/mol. The summed E-state index contributed by atoms with van der Waals surface area (Å²) in [4.78, 5) is 12.9. The van der Waals surface area contributed by atoms with Crippen LogP contribution in [0.5, 0.6) is 0 Å². The van der Waals surface area contributed by atoms with Gasteiger partial charge in [-0.05, 0) is 25.1 Å². The van der Waals surface area contributed by atoms with Crippen LogP contribution in [0.15, 0.2) is 40.4 Å². The van der Waals surface area contributed by atoms with Gasteiger partial charge in [0.05, 0.1) is 0 Å². The molecule has 0 aromatic carbocycles. The Bertz CT molecular complexity index is 631. The molecule has 0 N–H and O–H groups in total. The standard InChI is InChI=1S/C12H9N3OS/c1-8-2-3-10(16-8)11-13-5-4-9(15-11)12-14-6-7-17-12/h2-7H,1H3. The molecular formula is C12H9N3OS. The average molecular weight is 243 g/mol. The Morgan fingerprint density at radius 1 is 1.12 bits per heavy atom. The second-order valence-corrected chi connectivity index (χ2v) is 4.41. The van der Waals surface area contributed by atoms with Crippen molar-refractivity contribution in [3.8, 4) is 22.3 Å². The second kappa shape index (κ2) is 4.10. The molecule has 5 heteroatoms. The van der Waals surface area contributed by atoms with Gasteiger partial charge in [0.2, 0.25) is 0 Å². The highest BCUT2D eigenvalue weighted by atomic mass is 32.1. The van der Waals surface area contributed by atoms with Gasteiger partial charge in [0.1, 0.15) is 16.5 Å². The molecule has 3 aromatic heterocycles. The lowest BCUT2D eigenvalue weighted by Crippen LogP contribution is -1.89. The summed E-state index contributed by atoms with van der Waals surface area (Å²) in [6, 6.07) is 5.61. The van der Waals surface area contributed by atoms with Crippen LogP contribution in [0.2, 0.25) is 0 Å². The van der Waals surface area contributed by atoms with Crippen LogP contribution in [0.4, 0.5) is 0 Å². The molecular weight excluding hydrogens is 234 g/mol. The number of aromatic nitrogens is 3. The molecule has 0 saturated carbocycles. The molecule has 84 valence electrons. The summed E-state index contributed by atoms with van der Waals surface area (Å²) in [5, 5.41) is 2.81. The predicted octanol–water partition coefficient (Wildman–Crippen LogP) is 3.17. The van der Waals surface area contributed by atoms with Gasteiger partial charge >= 0.3 is 0 Å². The van der Waals surface area contributed by atoms with Crippen LogP contribution < -0.4 is 0 Å². The molecule has 0 aliphatic heterocycles. The van der Waals surface area contributed by atoms with Crippen LogP contribution in [0.3, 0.4) is 0 Å². The molecule has 0 spiro atoms. The van der Waals surface area contributed by atoms with E-state index in [1.807, 2.05) is 30.5 Å². The first-order valence-electron chi connectivity index (χ1n) is 5.12. The van der Waals surface area contributed by atoms with Crippen molar-refractivity contribution < 1.29 is 4.42 Å². The minimum Gasteiger partial charge on any atom is -0.458 e. The second-order valence-electron chi connectivity index (χ2n) is 3.51. The zero-order valence-electron chi connectivity index (χ0n) is 9.12. The highest BCUT2D eigenvalue weighted by Gasteiger charge is 2.08. The normalized spacial score (nSPS) is 10.6. The van der Waals surface area contributed by atoms with E-state index in [9.17, 15) is 0 Å². The van der Waals surface area contributed by atoms with Gasteiger partial charge in [-0.1, -0.05) is 0 Å². The van der Waals surface area contributed by atoms with Gasteiger partial charge in [0.25, 0.3) is 0 Å². The first kappa shape index (κ1) is 10.2. The first-order chi connectivity index (χ1) is 8.33. The van der Waals surface area contributed by atoms with E-state index in [2.05, 4.69) is 15.0 Å². The van der Waals surface area contributed by atoms with Crippen LogP contribution in [0, 0.1) is 6.92 Å². The molecule has 3 heterocycles. The number of hydrogen-bond acceptors (Lipinski definition) is 5. The molecule has 0 atom stereocenters. The summed E-state index contributed by atoms with van der Waals surface area (Å²) in [5.74, 6) is 2.12. The molecule has 0 fully saturated rings. The zero-order chi connectivity index (χ0) is 11.7. The fraction of sp³-hybridized carbons (Fsp3) is 0.0833. The number of furan rings is 1. The van der Waals surface area contributed by atoms with Crippen LogP contribution in [-0.4, -0.2) is 15.0 Å². The summed E-state index contributed by atoms with van der Waals surface area (Å²) in [7, 11) is 0. The fourth-order valence-corrected chi connectivity index (χ4v) is 2.11. The molecule has 3 aromatic rings. The Balaban J connectivity index is 2.05. The molecule has 0 aliphatic rings. The molecule has 4 nitrogen and oxygen atoms in total. The van der Waals surface area contributed by atoms with Crippen molar-refractivity contribution in [3.63, 3.8) is 0 Å². The van der Waals surface area contributed by atoms with Crippen molar-refractivity contribution in [1.82, 2.24) is 15.0 Å². The van der Waals surface area contributed by atoms with E-state index in [-0.39, 0.29) is 0 Å². The van der Waals surface area contributed by atoms with Gasteiger partial charge < -0.3 is 4.42 Å². The molecule has 0 unspecified atom stereocenters. The lowest BCUT2D eigenvalue weighted by molar-refractivity contribution is 0.544. The Labute approximate surface area is 102 Å². The van der Waals surface area contributed by atoms with E-state index in [1.165, 1.54) is 0 Å². The van der Waals surface area contributed by atoms with Crippen molar-refractivity contribution in [3.05, 3.63) is 41.7 Å². The maximum atomic E-state index is 5.50. The van der Waals surface area contributed by atoms with Gasteiger partial charge in [0.15, 0.2) is 11.6 Å².